The second-order valence-electron chi connectivity index (χ2n) is 7.09. The summed E-state index contributed by atoms with van der Waals surface area (Å²) < 4.78 is 5.41. The summed E-state index contributed by atoms with van der Waals surface area (Å²) in [5.74, 6) is 0.766. The normalized spacial score (nSPS) is 19.5. The fraction of sp³-hybridized carbons (Fsp3) is 0.474. The van der Waals surface area contributed by atoms with Gasteiger partial charge in [0.25, 0.3) is 5.91 Å². The number of amides is 1. The Bertz CT molecular complexity index is 719. The molecule has 0 atom stereocenters. The Morgan fingerprint density at radius 2 is 2.16 bits per heavy atom. The predicted molar refractivity (Wildman–Crippen MR) is 95.3 cm³/mol. The molecule has 2 aliphatic rings. The van der Waals surface area contributed by atoms with E-state index in [0.717, 1.165) is 50.8 Å². The van der Waals surface area contributed by atoms with Crippen molar-refractivity contribution in [1.82, 2.24) is 20.2 Å². The fourth-order valence-electron chi connectivity index (χ4n) is 3.40. The molecular weight excluding hydrogens is 316 g/mol. The average Bonchev–Trinajstić information content (AvgIpc) is 3.19. The molecule has 2 fully saturated rings. The quantitative estimate of drug-likeness (QED) is 0.843. The summed E-state index contributed by atoms with van der Waals surface area (Å²) in [5.41, 5.74) is 1.86. The molecule has 0 spiro atoms. The highest BCUT2D eigenvalue weighted by atomic mass is 16.5. The summed E-state index contributed by atoms with van der Waals surface area (Å²) >= 11 is 0. The van der Waals surface area contributed by atoms with Crippen LogP contribution in [0.3, 0.4) is 0 Å². The van der Waals surface area contributed by atoms with Crippen LogP contribution in [0.2, 0.25) is 0 Å². The molecule has 1 aliphatic carbocycles. The van der Waals surface area contributed by atoms with Gasteiger partial charge >= 0.3 is 0 Å². The Hall–Kier alpha value is -2.18. The summed E-state index contributed by atoms with van der Waals surface area (Å²) in [7, 11) is 0. The smallest absolute Gasteiger partial charge is 0.251 e. The van der Waals surface area contributed by atoms with Crippen LogP contribution in [0.1, 0.15) is 23.2 Å². The second-order valence-corrected chi connectivity index (χ2v) is 7.09. The Morgan fingerprint density at radius 1 is 1.32 bits per heavy atom. The predicted octanol–water partition coefficient (Wildman–Crippen LogP) is 1.92. The first kappa shape index (κ1) is 16.3. The van der Waals surface area contributed by atoms with E-state index in [4.69, 9.17) is 4.74 Å². The lowest BCUT2D eigenvalue weighted by Gasteiger charge is -2.30. The highest BCUT2D eigenvalue weighted by Crippen LogP contribution is 2.45. The second kappa shape index (κ2) is 6.98. The highest BCUT2D eigenvalue weighted by Gasteiger charge is 2.44. The van der Waals surface area contributed by atoms with Crippen molar-refractivity contribution < 1.29 is 9.53 Å². The minimum atomic E-state index is -0.0124. The van der Waals surface area contributed by atoms with E-state index in [0.29, 0.717) is 5.56 Å². The number of H-pyrrole nitrogens is 1. The summed E-state index contributed by atoms with van der Waals surface area (Å²) in [6.45, 7) is 5.45. The van der Waals surface area contributed by atoms with Crippen LogP contribution < -0.4 is 5.32 Å². The third-order valence-electron chi connectivity index (χ3n) is 5.14. The topological polar surface area (TPSA) is 70.2 Å². The number of rotatable bonds is 6. The number of ether oxygens (including phenoxy) is 1. The summed E-state index contributed by atoms with van der Waals surface area (Å²) in [5, 5.41) is 3.14. The van der Waals surface area contributed by atoms with Gasteiger partial charge in [0.15, 0.2) is 0 Å². The Labute approximate surface area is 147 Å². The number of carbonyl (C=O) groups excluding carboxylic acids is 1. The van der Waals surface area contributed by atoms with Crippen LogP contribution in [0.5, 0.6) is 0 Å². The van der Waals surface area contributed by atoms with Gasteiger partial charge < -0.3 is 15.0 Å². The Morgan fingerprint density at radius 3 is 2.88 bits per heavy atom. The summed E-state index contributed by atoms with van der Waals surface area (Å²) in [4.78, 5) is 22.3. The molecule has 2 aromatic rings. The molecule has 25 heavy (non-hydrogen) atoms. The summed E-state index contributed by atoms with van der Waals surface area (Å²) in [6.07, 6.45) is 5.88. The number of nitrogens with zero attached hydrogens (tertiary/aromatic N) is 2. The van der Waals surface area contributed by atoms with Crippen molar-refractivity contribution in [2.24, 2.45) is 5.41 Å². The molecule has 4 rings (SSSR count). The van der Waals surface area contributed by atoms with E-state index < -0.39 is 0 Å². The van der Waals surface area contributed by atoms with Crippen LogP contribution in [0.15, 0.2) is 36.7 Å². The molecule has 1 aliphatic heterocycles. The van der Waals surface area contributed by atoms with E-state index >= 15 is 0 Å². The first-order valence-corrected chi connectivity index (χ1v) is 8.92. The zero-order valence-corrected chi connectivity index (χ0v) is 14.3. The Kier molecular flexibility index (Phi) is 4.55. The third kappa shape index (κ3) is 3.91. The number of aromatic amines is 1. The van der Waals surface area contributed by atoms with Crippen molar-refractivity contribution in [2.75, 3.05) is 39.4 Å². The molecule has 1 amide bonds. The molecule has 2 N–H and O–H groups in total. The minimum absolute atomic E-state index is 0.0124. The molecule has 0 bridgehead atoms. The van der Waals surface area contributed by atoms with Gasteiger partial charge in [-0.25, -0.2) is 4.98 Å². The van der Waals surface area contributed by atoms with Crippen LogP contribution in [-0.4, -0.2) is 60.2 Å². The standard InChI is InChI=1S/C19H24N4O2/c24-18(16-3-1-2-15(12-16)17-20-6-7-21-17)22-13-19(4-5-19)14-23-8-10-25-11-9-23/h1-3,6-7,12H,4-5,8-11,13-14H2,(H,20,21)(H,22,24). The average molecular weight is 340 g/mol. The maximum atomic E-state index is 12.6. The first-order chi connectivity index (χ1) is 12.2. The van der Waals surface area contributed by atoms with Gasteiger partial charge in [0.2, 0.25) is 0 Å². The molecular formula is C19H24N4O2. The highest BCUT2D eigenvalue weighted by molar-refractivity contribution is 5.95. The van der Waals surface area contributed by atoms with Crippen LogP contribution in [-0.2, 0) is 4.74 Å². The lowest BCUT2D eigenvalue weighted by molar-refractivity contribution is 0.0283. The molecule has 132 valence electrons. The van der Waals surface area contributed by atoms with E-state index in [9.17, 15) is 4.79 Å². The molecule has 0 unspecified atom stereocenters. The molecule has 6 heteroatoms. The van der Waals surface area contributed by atoms with E-state index in [-0.39, 0.29) is 11.3 Å². The lowest BCUT2D eigenvalue weighted by atomic mass is 10.1. The number of hydrogen-bond donors (Lipinski definition) is 2. The van der Waals surface area contributed by atoms with Crippen molar-refractivity contribution >= 4 is 5.91 Å². The van der Waals surface area contributed by atoms with E-state index in [1.807, 2.05) is 24.3 Å². The fourth-order valence-corrected chi connectivity index (χ4v) is 3.40. The third-order valence-corrected chi connectivity index (χ3v) is 5.14. The SMILES string of the molecule is O=C(NCC1(CN2CCOCC2)CC1)c1cccc(-c2ncc[nH]2)c1. The molecule has 1 aromatic heterocycles. The van der Waals surface area contributed by atoms with Crippen LogP contribution in [0.25, 0.3) is 11.4 Å². The van der Waals surface area contributed by atoms with E-state index in [1.54, 1.807) is 12.4 Å². The van der Waals surface area contributed by atoms with Crippen LogP contribution in [0, 0.1) is 5.41 Å². The zero-order valence-electron chi connectivity index (χ0n) is 14.3. The maximum Gasteiger partial charge on any atom is 0.251 e. The van der Waals surface area contributed by atoms with Crippen molar-refractivity contribution in [3.63, 3.8) is 0 Å². The van der Waals surface area contributed by atoms with Crippen LogP contribution in [0.4, 0.5) is 0 Å². The minimum Gasteiger partial charge on any atom is -0.379 e. The molecule has 2 heterocycles. The number of morpholine rings is 1. The monoisotopic (exact) mass is 340 g/mol. The van der Waals surface area contributed by atoms with Crippen LogP contribution >= 0.6 is 0 Å². The van der Waals surface area contributed by atoms with Gasteiger partial charge in [-0.2, -0.15) is 0 Å². The van der Waals surface area contributed by atoms with Gasteiger partial charge in [0.05, 0.1) is 13.2 Å². The molecule has 1 saturated carbocycles. The van der Waals surface area contributed by atoms with Crippen molar-refractivity contribution in [3.05, 3.63) is 42.2 Å². The number of carbonyl (C=O) groups is 1. The first-order valence-electron chi connectivity index (χ1n) is 8.92. The van der Waals surface area contributed by atoms with E-state index in [1.165, 1.54) is 12.8 Å². The number of nitrogens with one attached hydrogen (secondary N) is 2. The molecule has 6 nitrogen and oxygen atoms in total. The largest absolute Gasteiger partial charge is 0.379 e. The van der Waals surface area contributed by atoms with Gasteiger partial charge in [-0.3, -0.25) is 9.69 Å². The number of hydrogen-bond acceptors (Lipinski definition) is 4. The lowest BCUT2D eigenvalue weighted by Crippen LogP contribution is -2.43. The number of imidazole rings is 1. The van der Waals surface area contributed by atoms with Gasteiger partial charge in [-0.1, -0.05) is 12.1 Å². The molecule has 1 saturated heterocycles. The van der Waals surface area contributed by atoms with Crippen molar-refractivity contribution in [1.29, 1.82) is 0 Å². The molecule has 1 aromatic carbocycles. The Balaban J connectivity index is 1.35. The molecule has 0 radical (unpaired) electrons. The van der Waals surface area contributed by atoms with E-state index in [2.05, 4.69) is 20.2 Å². The van der Waals surface area contributed by atoms with Crippen molar-refractivity contribution in [3.8, 4) is 11.4 Å². The summed E-state index contributed by atoms with van der Waals surface area (Å²) in [6, 6.07) is 7.59. The maximum absolute atomic E-state index is 12.6. The van der Waals surface area contributed by atoms with Crippen molar-refractivity contribution in [2.45, 2.75) is 12.8 Å². The van der Waals surface area contributed by atoms with Gasteiger partial charge in [0, 0.05) is 55.1 Å². The zero-order chi connectivity index (χ0) is 17.1. The van der Waals surface area contributed by atoms with Gasteiger partial charge in [-0.05, 0) is 25.0 Å². The number of aromatic nitrogens is 2. The number of benzene rings is 1. The van der Waals surface area contributed by atoms with Gasteiger partial charge in [0.1, 0.15) is 5.82 Å². The van der Waals surface area contributed by atoms with Gasteiger partial charge in [-0.15, -0.1) is 0 Å².